The number of ether oxygens (including phenoxy) is 1. The third-order valence-corrected chi connectivity index (χ3v) is 2.44. The Balaban J connectivity index is 2.36. The fraction of sp³-hybridized carbons (Fsp3) is 0.385. The first kappa shape index (κ1) is 15.9. The van der Waals surface area contributed by atoms with E-state index in [-0.39, 0.29) is 26.3 Å². The molecule has 0 spiro atoms. The number of carboxylic acid groups (broad SMARTS) is 1. The van der Waals surface area contributed by atoms with Crippen molar-refractivity contribution >= 4 is 12.1 Å². The maximum absolute atomic E-state index is 11.5. The zero-order valence-corrected chi connectivity index (χ0v) is 10.9. The zero-order chi connectivity index (χ0) is 14.8. The van der Waals surface area contributed by atoms with Gasteiger partial charge in [-0.15, -0.1) is 0 Å². The van der Waals surface area contributed by atoms with Crippen LogP contribution in [0.15, 0.2) is 30.3 Å². The molecule has 7 heteroatoms. The Morgan fingerprint density at radius 1 is 1.25 bits per heavy atom. The summed E-state index contributed by atoms with van der Waals surface area (Å²) in [5, 5.41) is 22.5. The van der Waals surface area contributed by atoms with Crippen LogP contribution in [0.4, 0.5) is 4.79 Å². The smallest absolute Gasteiger partial charge is 0.408 e. The fourth-order valence-corrected chi connectivity index (χ4v) is 1.43. The van der Waals surface area contributed by atoms with Crippen LogP contribution < -0.4 is 10.6 Å². The van der Waals surface area contributed by atoms with E-state index in [0.717, 1.165) is 5.56 Å². The molecule has 0 saturated carbocycles. The molecule has 0 heterocycles. The van der Waals surface area contributed by atoms with E-state index < -0.39 is 18.1 Å². The molecule has 0 aliphatic heterocycles. The minimum atomic E-state index is -1.17. The second-order valence-corrected chi connectivity index (χ2v) is 4.02. The van der Waals surface area contributed by atoms with E-state index >= 15 is 0 Å². The third kappa shape index (κ3) is 6.17. The van der Waals surface area contributed by atoms with Gasteiger partial charge < -0.3 is 25.6 Å². The van der Waals surface area contributed by atoms with Crippen molar-refractivity contribution in [3.05, 3.63) is 35.9 Å². The summed E-state index contributed by atoms with van der Waals surface area (Å²) in [5.74, 6) is -1.17. The van der Waals surface area contributed by atoms with E-state index in [2.05, 4.69) is 10.6 Å². The number of nitrogens with one attached hydrogen (secondary N) is 2. The molecule has 0 radical (unpaired) electrons. The molecule has 20 heavy (non-hydrogen) atoms. The van der Waals surface area contributed by atoms with Gasteiger partial charge in [-0.1, -0.05) is 30.3 Å². The predicted octanol–water partition coefficient (Wildman–Crippen LogP) is -0.0521. The van der Waals surface area contributed by atoms with Crippen molar-refractivity contribution in [2.45, 2.75) is 12.6 Å². The first-order chi connectivity index (χ1) is 9.63. The van der Waals surface area contributed by atoms with Crippen molar-refractivity contribution in [3.63, 3.8) is 0 Å². The SMILES string of the molecule is O=C(N[C@@H](CNCCO)C(=O)O)OCc1ccccc1. The minimum Gasteiger partial charge on any atom is -0.480 e. The van der Waals surface area contributed by atoms with Crippen molar-refractivity contribution in [2.75, 3.05) is 19.7 Å². The molecule has 0 aliphatic rings. The van der Waals surface area contributed by atoms with Crippen LogP contribution in [0.1, 0.15) is 5.56 Å². The number of benzene rings is 1. The highest BCUT2D eigenvalue weighted by Gasteiger charge is 2.20. The van der Waals surface area contributed by atoms with Crippen LogP contribution in [-0.2, 0) is 16.1 Å². The summed E-state index contributed by atoms with van der Waals surface area (Å²) >= 11 is 0. The number of amides is 1. The number of carboxylic acids is 1. The predicted molar refractivity (Wildman–Crippen MR) is 71.1 cm³/mol. The number of hydrogen-bond donors (Lipinski definition) is 4. The van der Waals surface area contributed by atoms with Crippen molar-refractivity contribution in [1.29, 1.82) is 0 Å². The van der Waals surface area contributed by atoms with Crippen LogP contribution in [0.25, 0.3) is 0 Å². The number of carbonyl (C=O) groups is 2. The lowest BCUT2D eigenvalue weighted by Gasteiger charge is -2.15. The maximum atomic E-state index is 11.5. The molecule has 0 aliphatic carbocycles. The van der Waals surface area contributed by atoms with Crippen molar-refractivity contribution < 1.29 is 24.5 Å². The van der Waals surface area contributed by atoms with Crippen LogP contribution in [0.3, 0.4) is 0 Å². The Kier molecular flexibility index (Phi) is 7.08. The van der Waals surface area contributed by atoms with E-state index in [9.17, 15) is 9.59 Å². The molecule has 4 N–H and O–H groups in total. The largest absolute Gasteiger partial charge is 0.480 e. The number of aliphatic hydroxyl groups is 1. The molecular weight excluding hydrogens is 264 g/mol. The lowest BCUT2D eigenvalue weighted by atomic mass is 10.2. The Hall–Kier alpha value is -2.12. The molecular formula is C13H18N2O5. The van der Waals surface area contributed by atoms with E-state index in [1.165, 1.54) is 0 Å². The Morgan fingerprint density at radius 2 is 1.95 bits per heavy atom. The summed E-state index contributed by atoms with van der Waals surface area (Å²) in [6.45, 7) is 0.231. The van der Waals surface area contributed by atoms with Crippen LogP contribution in [0.5, 0.6) is 0 Å². The van der Waals surface area contributed by atoms with Crippen LogP contribution in [0, 0.1) is 0 Å². The highest BCUT2D eigenvalue weighted by atomic mass is 16.5. The van der Waals surface area contributed by atoms with Gasteiger partial charge in [0.2, 0.25) is 0 Å². The van der Waals surface area contributed by atoms with Gasteiger partial charge in [0.25, 0.3) is 0 Å². The van der Waals surface area contributed by atoms with E-state index in [0.29, 0.717) is 0 Å². The lowest BCUT2D eigenvalue weighted by molar-refractivity contribution is -0.139. The molecule has 0 fully saturated rings. The second-order valence-electron chi connectivity index (χ2n) is 4.02. The van der Waals surface area contributed by atoms with Gasteiger partial charge in [0.15, 0.2) is 0 Å². The first-order valence-electron chi connectivity index (χ1n) is 6.15. The quantitative estimate of drug-likeness (QED) is 0.498. The van der Waals surface area contributed by atoms with Crippen molar-refractivity contribution in [2.24, 2.45) is 0 Å². The highest BCUT2D eigenvalue weighted by molar-refractivity contribution is 5.80. The Morgan fingerprint density at radius 3 is 2.55 bits per heavy atom. The number of alkyl carbamates (subject to hydrolysis) is 1. The summed E-state index contributed by atoms with van der Waals surface area (Å²) in [4.78, 5) is 22.4. The molecule has 7 nitrogen and oxygen atoms in total. The van der Waals surface area contributed by atoms with Gasteiger partial charge in [-0.2, -0.15) is 0 Å². The standard InChI is InChI=1S/C13H18N2O5/c16-7-6-14-8-11(12(17)18)15-13(19)20-9-10-4-2-1-3-5-10/h1-5,11,14,16H,6-9H2,(H,15,19)(H,17,18)/t11-/m0/s1. The average Bonchev–Trinajstić information content (AvgIpc) is 2.45. The molecule has 0 bridgehead atoms. The number of carbonyl (C=O) groups excluding carboxylic acids is 1. The monoisotopic (exact) mass is 282 g/mol. The Bertz CT molecular complexity index is 424. The van der Waals surface area contributed by atoms with Crippen LogP contribution >= 0.6 is 0 Å². The molecule has 0 saturated heterocycles. The molecule has 0 aromatic heterocycles. The summed E-state index contributed by atoms with van der Waals surface area (Å²) in [6, 6.07) is 7.96. The molecule has 0 unspecified atom stereocenters. The summed E-state index contributed by atoms with van der Waals surface area (Å²) in [5.41, 5.74) is 0.813. The van der Waals surface area contributed by atoms with Gasteiger partial charge in [-0.05, 0) is 5.56 Å². The zero-order valence-electron chi connectivity index (χ0n) is 10.9. The van der Waals surface area contributed by atoms with Gasteiger partial charge in [0, 0.05) is 13.1 Å². The highest BCUT2D eigenvalue weighted by Crippen LogP contribution is 2.00. The Labute approximate surface area is 116 Å². The van der Waals surface area contributed by atoms with Crippen LogP contribution in [-0.4, -0.2) is 48.0 Å². The van der Waals surface area contributed by atoms with E-state index in [1.807, 2.05) is 18.2 Å². The molecule has 1 aromatic rings. The van der Waals surface area contributed by atoms with Crippen molar-refractivity contribution in [3.8, 4) is 0 Å². The summed E-state index contributed by atoms with van der Waals surface area (Å²) in [6.07, 6.45) is -0.799. The number of rotatable bonds is 8. The number of aliphatic carboxylic acids is 1. The first-order valence-corrected chi connectivity index (χ1v) is 6.15. The van der Waals surface area contributed by atoms with E-state index in [1.54, 1.807) is 12.1 Å². The van der Waals surface area contributed by atoms with Crippen molar-refractivity contribution in [1.82, 2.24) is 10.6 Å². The summed E-state index contributed by atoms with van der Waals surface area (Å²) < 4.78 is 4.92. The van der Waals surface area contributed by atoms with Gasteiger partial charge in [0.1, 0.15) is 12.6 Å². The number of hydrogen-bond acceptors (Lipinski definition) is 5. The summed E-state index contributed by atoms with van der Waals surface area (Å²) in [7, 11) is 0. The molecule has 1 rings (SSSR count). The van der Waals surface area contributed by atoms with Gasteiger partial charge in [0.05, 0.1) is 6.61 Å². The molecule has 110 valence electrons. The van der Waals surface area contributed by atoms with Gasteiger partial charge in [-0.3, -0.25) is 0 Å². The third-order valence-electron chi connectivity index (χ3n) is 2.44. The normalized spacial score (nSPS) is 11.7. The van der Waals surface area contributed by atoms with E-state index in [4.69, 9.17) is 14.9 Å². The second kappa shape index (κ2) is 8.89. The van der Waals surface area contributed by atoms with Gasteiger partial charge in [-0.25, -0.2) is 9.59 Å². The van der Waals surface area contributed by atoms with Gasteiger partial charge >= 0.3 is 12.1 Å². The molecule has 1 aromatic carbocycles. The number of aliphatic hydroxyl groups excluding tert-OH is 1. The van der Waals surface area contributed by atoms with Crippen LogP contribution in [0.2, 0.25) is 0 Å². The topological polar surface area (TPSA) is 108 Å². The average molecular weight is 282 g/mol. The maximum Gasteiger partial charge on any atom is 0.408 e. The lowest BCUT2D eigenvalue weighted by Crippen LogP contribution is -2.47. The molecule has 1 amide bonds. The molecule has 1 atom stereocenters. The fourth-order valence-electron chi connectivity index (χ4n) is 1.43. The minimum absolute atomic E-state index is 0.0102.